The van der Waals surface area contributed by atoms with Crippen molar-refractivity contribution in [3.63, 3.8) is 0 Å². The molecule has 0 saturated heterocycles. The summed E-state index contributed by atoms with van der Waals surface area (Å²) in [5.74, 6) is -1.18. The lowest BCUT2D eigenvalue weighted by atomic mass is 10.0. The lowest BCUT2D eigenvalue weighted by Crippen LogP contribution is -2.45. The lowest BCUT2D eigenvalue weighted by molar-refractivity contribution is -0.118. The molecule has 0 aliphatic heterocycles. The Morgan fingerprint density at radius 1 is 1.06 bits per heavy atom. The Balaban J connectivity index is 1.82. The number of hydrogen-bond donors (Lipinski definition) is 2. The van der Waals surface area contributed by atoms with E-state index in [-0.39, 0.29) is 22.6 Å². The van der Waals surface area contributed by atoms with Crippen molar-refractivity contribution in [2.24, 2.45) is 0 Å². The predicted octanol–water partition coefficient (Wildman–Crippen LogP) is 4.08. The second-order valence-corrected chi connectivity index (χ2v) is 8.53. The summed E-state index contributed by atoms with van der Waals surface area (Å²) in [6.07, 6.45) is 0.237. The van der Waals surface area contributed by atoms with Gasteiger partial charge in [-0.05, 0) is 52.6 Å². The van der Waals surface area contributed by atoms with Crippen molar-refractivity contribution in [1.29, 1.82) is 0 Å². The van der Waals surface area contributed by atoms with Gasteiger partial charge in [-0.3, -0.25) is 9.59 Å². The third kappa shape index (κ3) is 6.15. The Kier molecular flexibility index (Phi) is 7.97. The molecule has 0 bridgehead atoms. The van der Waals surface area contributed by atoms with Crippen LogP contribution in [0.1, 0.15) is 15.9 Å². The van der Waals surface area contributed by atoms with Crippen LogP contribution in [-0.2, 0) is 21.2 Å². The number of nitrogens with one attached hydrogen (secondary N) is 2. The monoisotopic (exact) mass is 474 g/mol. The van der Waals surface area contributed by atoms with Gasteiger partial charge in [0.1, 0.15) is 17.6 Å². The zero-order valence-corrected chi connectivity index (χ0v) is 18.6. The number of rotatable bonds is 8. The van der Waals surface area contributed by atoms with Crippen LogP contribution < -0.4 is 15.4 Å². The minimum absolute atomic E-state index is 0.230. The molecule has 0 radical (unpaired) electrons. The number of halogens is 2. The summed E-state index contributed by atoms with van der Waals surface area (Å²) >= 11 is 0. The third-order valence-corrected chi connectivity index (χ3v) is 5.80. The fourth-order valence-corrected chi connectivity index (χ4v) is 3.87. The Morgan fingerprint density at radius 2 is 1.75 bits per heavy atom. The smallest absolute Gasteiger partial charge is 0.251 e. The second-order valence-electron chi connectivity index (χ2n) is 6.80. The number of methoxy groups -OCH3 is 1. The number of hydrogen-bond acceptors (Lipinski definition) is 4. The number of ether oxygens (including phenoxy) is 1. The molecule has 9 heteroatoms. The first-order valence-electron chi connectivity index (χ1n) is 9.54. The maximum atomic E-state index is 13.2. The standard InChI is InChI=1S/C23H20ClFN2O4S/c1-31-20-14-18(11-12-21(20)32(24)30)26-23(29)19(13-15-5-3-2-4-6-15)27-22(28)16-7-9-17(25)10-8-16/h2-12,14,19H,13H2,1H3,(H,26,29)(H,27,28). The Hall–Kier alpha value is -3.23. The summed E-state index contributed by atoms with van der Waals surface area (Å²) in [7, 11) is 5.27. The lowest BCUT2D eigenvalue weighted by Gasteiger charge is -2.19. The average Bonchev–Trinajstić information content (AvgIpc) is 2.79. The first-order chi connectivity index (χ1) is 15.4. The van der Waals surface area contributed by atoms with Gasteiger partial charge in [0.05, 0.1) is 12.0 Å². The molecule has 2 amide bonds. The fourth-order valence-electron chi connectivity index (χ4n) is 3.01. The van der Waals surface area contributed by atoms with Crippen molar-refractivity contribution in [3.8, 4) is 5.75 Å². The molecule has 2 N–H and O–H groups in total. The number of carbonyl (C=O) groups excluding carboxylic acids is 2. The highest BCUT2D eigenvalue weighted by atomic mass is 35.7. The highest BCUT2D eigenvalue weighted by molar-refractivity contribution is 8.08. The molecule has 0 aromatic heterocycles. The van der Waals surface area contributed by atoms with Gasteiger partial charge in [0.15, 0.2) is 10.0 Å². The topological polar surface area (TPSA) is 84.5 Å². The van der Waals surface area contributed by atoms with Crippen LogP contribution in [0.4, 0.5) is 10.1 Å². The van der Waals surface area contributed by atoms with Crippen LogP contribution >= 0.6 is 10.7 Å². The highest BCUT2D eigenvalue weighted by Crippen LogP contribution is 2.27. The van der Waals surface area contributed by atoms with E-state index in [1.54, 1.807) is 0 Å². The van der Waals surface area contributed by atoms with Gasteiger partial charge in [0.2, 0.25) is 5.91 Å². The van der Waals surface area contributed by atoms with Crippen LogP contribution in [0.5, 0.6) is 5.75 Å². The van der Waals surface area contributed by atoms with Gasteiger partial charge in [-0.2, -0.15) is 0 Å². The van der Waals surface area contributed by atoms with Gasteiger partial charge in [-0.25, -0.2) is 8.60 Å². The molecule has 2 atom stereocenters. The average molecular weight is 475 g/mol. The largest absolute Gasteiger partial charge is 0.495 e. The molecule has 0 saturated carbocycles. The van der Waals surface area contributed by atoms with Gasteiger partial charge in [0.25, 0.3) is 5.91 Å². The zero-order chi connectivity index (χ0) is 23.1. The first kappa shape index (κ1) is 23.4. The summed E-state index contributed by atoms with van der Waals surface area (Å²) < 4.78 is 30.0. The second kappa shape index (κ2) is 10.9. The van der Waals surface area contributed by atoms with E-state index in [0.717, 1.165) is 5.56 Å². The van der Waals surface area contributed by atoms with E-state index in [2.05, 4.69) is 10.6 Å². The molecule has 0 fully saturated rings. The molecular formula is C23H20ClFN2O4S. The Morgan fingerprint density at radius 3 is 2.38 bits per heavy atom. The van der Waals surface area contributed by atoms with Gasteiger partial charge in [0, 0.05) is 23.7 Å². The summed E-state index contributed by atoms with van der Waals surface area (Å²) in [4.78, 5) is 26.0. The van der Waals surface area contributed by atoms with Gasteiger partial charge >= 0.3 is 0 Å². The van der Waals surface area contributed by atoms with E-state index in [0.29, 0.717) is 5.69 Å². The first-order valence-corrected chi connectivity index (χ1v) is 11.5. The molecule has 3 aromatic carbocycles. The van der Waals surface area contributed by atoms with E-state index in [1.165, 1.54) is 49.6 Å². The predicted molar refractivity (Wildman–Crippen MR) is 122 cm³/mol. The third-order valence-electron chi connectivity index (χ3n) is 4.61. The molecule has 6 nitrogen and oxygen atoms in total. The van der Waals surface area contributed by atoms with Crippen molar-refractivity contribution < 1.29 is 22.9 Å². The number of anilines is 1. The molecule has 2 unspecified atom stereocenters. The maximum absolute atomic E-state index is 13.2. The molecule has 3 rings (SSSR count). The Bertz CT molecular complexity index is 1130. The van der Waals surface area contributed by atoms with Crippen LogP contribution in [0, 0.1) is 5.82 Å². The van der Waals surface area contributed by atoms with Crippen LogP contribution in [0.3, 0.4) is 0 Å². The summed E-state index contributed by atoms with van der Waals surface area (Å²) in [6, 6.07) is 17.9. The van der Waals surface area contributed by atoms with Crippen LogP contribution in [0.15, 0.2) is 77.7 Å². The van der Waals surface area contributed by atoms with Crippen LogP contribution in [0.2, 0.25) is 0 Å². The summed E-state index contributed by atoms with van der Waals surface area (Å²) in [5, 5.41) is 5.44. The van der Waals surface area contributed by atoms with Crippen molar-refractivity contribution in [3.05, 3.63) is 89.7 Å². The summed E-state index contributed by atoms with van der Waals surface area (Å²) in [6.45, 7) is 0. The number of benzene rings is 3. The van der Waals surface area contributed by atoms with Crippen LogP contribution in [-0.4, -0.2) is 29.2 Å². The van der Waals surface area contributed by atoms with Crippen LogP contribution in [0.25, 0.3) is 0 Å². The minimum atomic E-state index is -1.78. The number of amides is 2. The van der Waals surface area contributed by atoms with Gasteiger partial charge in [-0.15, -0.1) is 0 Å². The normalized spacial score (nSPS) is 12.5. The quantitative estimate of drug-likeness (QED) is 0.482. The van der Waals surface area contributed by atoms with E-state index < -0.39 is 33.7 Å². The van der Waals surface area contributed by atoms with E-state index >= 15 is 0 Å². The van der Waals surface area contributed by atoms with Gasteiger partial charge < -0.3 is 15.4 Å². The molecule has 0 spiro atoms. The molecule has 0 heterocycles. The molecule has 166 valence electrons. The SMILES string of the molecule is COc1cc(NC(=O)C(Cc2ccccc2)NC(=O)c2ccc(F)cc2)ccc1S(=O)Cl. The summed E-state index contributed by atoms with van der Waals surface area (Å²) in [5.41, 5.74) is 1.46. The zero-order valence-electron chi connectivity index (χ0n) is 17.0. The maximum Gasteiger partial charge on any atom is 0.251 e. The Labute approximate surface area is 191 Å². The fraction of sp³-hybridized carbons (Fsp3) is 0.130. The van der Waals surface area contributed by atoms with Crippen molar-refractivity contribution in [1.82, 2.24) is 5.32 Å². The van der Waals surface area contributed by atoms with Gasteiger partial charge in [-0.1, -0.05) is 30.3 Å². The highest BCUT2D eigenvalue weighted by Gasteiger charge is 2.23. The number of carbonyl (C=O) groups is 2. The van der Waals surface area contributed by atoms with E-state index in [9.17, 15) is 18.2 Å². The molecule has 3 aromatic rings. The molecule has 0 aliphatic rings. The van der Waals surface area contributed by atoms with Crippen molar-refractivity contribution in [2.75, 3.05) is 12.4 Å². The minimum Gasteiger partial charge on any atom is -0.495 e. The molecular weight excluding hydrogens is 455 g/mol. The molecule has 32 heavy (non-hydrogen) atoms. The molecule has 0 aliphatic carbocycles. The van der Waals surface area contributed by atoms with Crippen molar-refractivity contribution >= 4 is 38.2 Å². The van der Waals surface area contributed by atoms with E-state index in [1.807, 2.05) is 30.3 Å². The van der Waals surface area contributed by atoms with E-state index in [4.69, 9.17) is 15.4 Å². The van der Waals surface area contributed by atoms with Crippen molar-refractivity contribution in [2.45, 2.75) is 17.4 Å².